The molecule has 3 atom stereocenters. The maximum atomic E-state index is 13.3. The van der Waals surface area contributed by atoms with Crippen LogP contribution in [0.3, 0.4) is 0 Å². The molecule has 0 radical (unpaired) electrons. The van der Waals surface area contributed by atoms with E-state index in [1.54, 1.807) is 18.3 Å². The number of nitrogens with one attached hydrogen (secondary N) is 2. The van der Waals surface area contributed by atoms with Crippen molar-refractivity contribution in [2.45, 2.75) is 63.0 Å². The lowest BCUT2D eigenvalue weighted by atomic mass is 10.1. The average Bonchev–Trinajstić information content (AvgIpc) is 3.48. The van der Waals surface area contributed by atoms with E-state index in [0.717, 1.165) is 36.6 Å². The van der Waals surface area contributed by atoms with E-state index in [1.165, 1.54) is 19.1 Å². The molecule has 5 rings (SSSR count). The Bertz CT molecular complexity index is 756. The van der Waals surface area contributed by atoms with Gasteiger partial charge in [0.05, 0.1) is 17.3 Å². The number of likely N-dealkylation sites (tertiary alicyclic amines) is 1. The molecular formula is C21H28F2N4O. The number of alkyl halides is 2. The second-order valence-corrected chi connectivity index (χ2v) is 8.61. The number of halogens is 2. The minimum absolute atomic E-state index is 0.0872. The van der Waals surface area contributed by atoms with Crippen LogP contribution in [0.15, 0.2) is 18.3 Å². The third-order valence-electron chi connectivity index (χ3n) is 6.32. The second kappa shape index (κ2) is 7.33. The van der Waals surface area contributed by atoms with Crippen molar-refractivity contribution in [3.8, 4) is 0 Å². The fourth-order valence-corrected chi connectivity index (χ4v) is 4.25. The van der Waals surface area contributed by atoms with Crippen molar-refractivity contribution in [3.63, 3.8) is 0 Å². The second-order valence-electron chi connectivity index (χ2n) is 8.61. The minimum Gasteiger partial charge on any atom is -0.366 e. The highest BCUT2D eigenvalue weighted by molar-refractivity contribution is 5.81. The van der Waals surface area contributed by atoms with Crippen molar-refractivity contribution in [2.24, 2.45) is 5.92 Å². The van der Waals surface area contributed by atoms with Gasteiger partial charge < -0.3 is 20.2 Å². The van der Waals surface area contributed by atoms with E-state index in [0.29, 0.717) is 18.7 Å². The molecule has 2 aliphatic carbocycles. The van der Waals surface area contributed by atoms with E-state index in [-0.39, 0.29) is 18.5 Å². The Hall–Kier alpha value is -2.18. The van der Waals surface area contributed by atoms with Crippen molar-refractivity contribution < 1.29 is 13.6 Å². The van der Waals surface area contributed by atoms with Crippen molar-refractivity contribution in [1.82, 2.24) is 14.8 Å². The lowest BCUT2D eigenvalue weighted by Gasteiger charge is -2.41. The molecule has 2 N–H and O–H groups in total. The number of amides is 1. The number of H-pyrrole nitrogens is 1. The number of aromatic amines is 1. The maximum Gasteiger partial charge on any atom is 0.255 e. The first kappa shape index (κ1) is 19.2. The molecule has 4 aliphatic rings. The molecule has 7 heteroatoms. The van der Waals surface area contributed by atoms with Gasteiger partial charge in [-0.25, -0.2) is 8.78 Å². The number of allylic oxidation sites excluding steroid dienone is 1. The molecule has 1 amide bonds. The van der Waals surface area contributed by atoms with Crippen LogP contribution in [0.2, 0.25) is 0 Å². The van der Waals surface area contributed by atoms with Crippen LogP contribution in [0.5, 0.6) is 0 Å². The quantitative estimate of drug-likeness (QED) is 0.593. The van der Waals surface area contributed by atoms with Crippen molar-refractivity contribution in [3.05, 3.63) is 29.6 Å². The van der Waals surface area contributed by atoms with Crippen LogP contribution in [-0.4, -0.2) is 58.5 Å². The van der Waals surface area contributed by atoms with Crippen LogP contribution >= 0.6 is 0 Å². The van der Waals surface area contributed by atoms with Gasteiger partial charge in [0.25, 0.3) is 5.92 Å². The molecule has 2 aliphatic heterocycles. The summed E-state index contributed by atoms with van der Waals surface area (Å²) < 4.78 is 26.5. The predicted octanol–water partition coefficient (Wildman–Crippen LogP) is 3.85. The van der Waals surface area contributed by atoms with Gasteiger partial charge in [-0.1, -0.05) is 19.8 Å². The topological polar surface area (TPSA) is 63.2 Å². The molecule has 5 nitrogen and oxygen atoms in total. The number of nitrogens with zero attached hydrogens (tertiary/aromatic N) is 2. The molecule has 0 aromatic carbocycles. The molecule has 2 saturated heterocycles. The maximum absolute atomic E-state index is 13.3. The number of piperazine rings is 1. The van der Waals surface area contributed by atoms with Gasteiger partial charge >= 0.3 is 0 Å². The van der Waals surface area contributed by atoms with Crippen LogP contribution in [0, 0.1) is 11.3 Å². The molecule has 4 fully saturated rings. The van der Waals surface area contributed by atoms with Gasteiger partial charge in [0.15, 0.2) is 0 Å². The zero-order valence-corrected chi connectivity index (χ0v) is 16.2. The Morgan fingerprint density at radius 1 is 1.25 bits per heavy atom. The van der Waals surface area contributed by atoms with E-state index < -0.39 is 11.8 Å². The van der Waals surface area contributed by atoms with Crippen molar-refractivity contribution >= 4 is 18.3 Å². The summed E-state index contributed by atoms with van der Waals surface area (Å²) >= 11 is 0. The van der Waals surface area contributed by atoms with E-state index in [2.05, 4.69) is 16.8 Å². The van der Waals surface area contributed by atoms with E-state index in [1.807, 2.05) is 4.90 Å². The molecule has 152 valence electrons. The number of fused-ring (bicyclic) bond motifs is 2. The summed E-state index contributed by atoms with van der Waals surface area (Å²) in [6.07, 6.45) is 10.4. The van der Waals surface area contributed by atoms with E-state index in [9.17, 15) is 13.6 Å². The van der Waals surface area contributed by atoms with Gasteiger partial charge in [-0.2, -0.15) is 0 Å². The number of rotatable bonds is 5. The van der Waals surface area contributed by atoms with E-state index >= 15 is 0 Å². The summed E-state index contributed by atoms with van der Waals surface area (Å²) in [5.41, 5.74) is 2.22. The summed E-state index contributed by atoms with van der Waals surface area (Å²) in [7, 11) is 0. The number of aromatic nitrogens is 1. The third kappa shape index (κ3) is 3.84. The highest BCUT2D eigenvalue weighted by atomic mass is 19.3. The molecule has 1 aromatic heterocycles. The standard InChI is InChI=1S/C17H20F2N4O.C4H8/c18-17(19)6-14(17)11-5-15(21-7-11)16(3-4-20)22-8-12-1-2-13(9-22)23(12)10-24;1-4-2-3-4/h3-5,7,10,12-14,20-21H,1-2,6,8-9H2;4H,2-3H2,1H3/b16-3+,20-4?;. The molecule has 2 bridgehead atoms. The number of carbonyl (C=O) groups is 1. The number of hydrogen-bond acceptors (Lipinski definition) is 3. The molecule has 1 aromatic rings. The summed E-state index contributed by atoms with van der Waals surface area (Å²) in [6.45, 7) is 3.70. The van der Waals surface area contributed by atoms with Gasteiger partial charge in [-0.05, 0) is 36.5 Å². The van der Waals surface area contributed by atoms with Gasteiger partial charge in [-0.15, -0.1) is 0 Å². The van der Waals surface area contributed by atoms with Crippen LogP contribution < -0.4 is 0 Å². The third-order valence-corrected chi connectivity index (χ3v) is 6.32. The first-order valence-corrected chi connectivity index (χ1v) is 10.2. The predicted molar refractivity (Wildman–Crippen MR) is 105 cm³/mol. The Kier molecular flexibility index (Phi) is 5.02. The fraction of sp³-hybridized carbons (Fsp3) is 0.619. The van der Waals surface area contributed by atoms with Gasteiger partial charge in [0.1, 0.15) is 0 Å². The molecule has 28 heavy (non-hydrogen) atoms. The zero-order valence-electron chi connectivity index (χ0n) is 16.2. The van der Waals surface area contributed by atoms with Gasteiger partial charge in [-0.3, -0.25) is 4.79 Å². The molecule has 2 saturated carbocycles. The summed E-state index contributed by atoms with van der Waals surface area (Å²) in [4.78, 5) is 18.4. The highest BCUT2D eigenvalue weighted by Crippen LogP contribution is 2.56. The lowest BCUT2D eigenvalue weighted by Crippen LogP contribution is -2.52. The van der Waals surface area contributed by atoms with Crippen LogP contribution in [0.4, 0.5) is 8.78 Å². The normalized spacial score (nSPS) is 30.5. The average molecular weight is 390 g/mol. The summed E-state index contributed by atoms with van der Waals surface area (Å²) in [6, 6.07) is 2.16. The van der Waals surface area contributed by atoms with Crippen molar-refractivity contribution in [2.75, 3.05) is 13.1 Å². The number of carbonyl (C=O) groups excluding carboxylic acids is 1. The largest absolute Gasteiger partial charge is 0.366 e. The zero-order chi connectivity index (χ0) is 19.9. The monoisotopic (exact) mass is 390 g/mol. The van der Waals surface area contributed by atoms with Crippen LogP contribution in [-0.2, 0) is 4.79 Å². The van der Waals surface area contributed by atoms with Crippen LogP contribution in [0.1, 0.15) is 56.2 Å². The van der Waals surface area contributed by atoms with Gasteiger partial charge in [0.2, 0.25) is 6.41 Å². The molecule has 3 unspecified atom stereocenters. The first-order valence-electron chi connectivity index (χ1n) is 10.2. The number of hydrogen-bond donors (Lipinski definition) is 2. The molecule has 0 spiro atoms. The highest BCUT2D eigenvalue weighted by Gasteiger charge is 2.57. The minimum atomic E-state index is -2.58. The Morgan fingerprint density at radius 2 is 1.86 bits per heavy atom. The summed E-state index contributed by atoms with van der Waals surface area (Å²) in [5, 5.41) is 7.43. The van der Waals surface area contributed by atoms with E-state index in [4.69, 9.17) is 5.41 Å². The molecule has 3 heterocycles. The van der Waals surface area contributed by atoms with Crippen LogP contribution in [0.25, 0.3) is 5.70 Å². The van der Waals surface area contributed by atoms with Crippen molar-refractivity contribution in [1.29, 1.82) is 5.41 Å². The lowest BCUT2D eigenvalue weighted by molar-refractivity contribution is -0.122. The Morgan fingerprint density at radius 3 is 2.32 bits per heavy atom. The molecular weight excluding hydrogens is 362 g/mol. The first-order chi connectivity index (χ1) is 13.4. The van der Waals surface area contributed by atoms with Gasteiger partial charge in [0, 0.05) is 44.0 Å². The Balaban J connectivity index is 0.000000429. The summed E-state index contributed by atoms with van der Waals surface area (Å²) in [5.74, 6) is -2.19. The SMILES string of the molecule is CC1CC1.N=C/C=C(\c1cc(C2CC2(F)F)c[nH]1)N1CC2CCC(C1)N2C=O. The smallest absolute Gasteiger partial charge is 0.255 e. The fourth-order valence-electron chi connectivity index (χ4n) is 4.25. The Labute approximate surface area is 164 Å².